The molecule has 0 unspecified atom stereocenters. The highest BCUT2D eigenvalue weighted by Gasteiger charge is 2.08. The van der Waals surface area contributed by atoms with Crippen LogP contribution in [0.4, 0.5) is 0 Å². The van der Waals surface area contributed by atoms with E-state index in [0.717, 1.165) is 16.3 Å². The van der Waals surface area contributed by atoms with Gasteiger partial charge in [-0.05, 0) is 6.08 Å². The molecule has 0 radical (unpaired) electrons. The Morgan fingerprint density at radius 3 is 3.09 bits per heavy atom. The minimum Gasteiger partial charge on any atom is -0.299 e. The van der Waals surface area contributed by atoms with Crippen LogP contribution in [-0.4, -0.2) is 33.9 Å². The molecule has 0 spiro atoms. The molecule has 1 amide bonds. The van der Waals surface area contributed by atoms with Gasteiger partial charge in [0.25, 0.3) is 0 Å². The Morgan fingerprint density at radius 2 is 2.55 bits per heavy atom. The third kappa shape index (κ3) is 2.31. The maximum Gasteiger partial charge on any atom is 0.227 e. The van der Waals surface area contributed by atoms with Crippen LogP contribution in [-0.2, 0) is 4.79 Å². The number of aliphatic imine (C=N–C) groups is 1. The highest BCUT2D eigenvalue weighted by atomic mass is 28.1. The SMILES string of the molecule is O=C(CC[SiH3])N1C=NC=CC1. The zero-order valence-corrected chi connectivity index (χ0v) is 8.66. The quantitative estimate of drug-likeness (QED) is 0.514. The van der Waals surface area contributed by atoms with Gasteiger partial charge in [-0.15, -0.1) is 0 Å². The van der Waals surface area contributed by atoms with Crippen molar-refractivity contribution in [1.82, 2.24) is 4.90 Å². The summed E-state index contributed by atoms with van der Waals surface area (Å²) in [7, 11) is 1.10. The number of amides is 1. The molecule has 0 atom stereocenters. The predicted octanol–water partition coefficient (Wildman–Crippen LogP) is -0.456. The minimum absolute atomic E-state index is 0.188. The van der Waals surface area contributed by atoms with Crippen LogP contribution in [0, 0.1) is 0 Å². The molecule has 11 heavy (non-hydrogen) atoms. The van der Waals surface area contributed by atoms with E-state index in [4.69, 9.17) is 0 Å². The summed E-state index contributed by atoms with van der Waals surface area (Å²) in [5.74, 6) is 0.188. The van der Waals surface area contributed by atoms with E-state index in [9.17, 15) is 4.79 Å². The average Bonchev–Trinajstić information content (AvgIpc) is 2.07. The van der Waals surface area contributed by atoms with Gasteiger partial charge in [0, 0.05) is 29.4 Å². The van der Waals surface area contributed by atoms with Crippen molar-refractivity contribution in [2.24, 2.45) is 4.99 Å². The van der Waals surface area contributed by atoms with Gasteiger partial charge in [0.15, 0.2) is 0 Å². The first-order valence-electron chi connectivity index (χ1n) is 3.82. The molecule has 0 aliphatic carbocycles. The number of nitrogens with zero attached hydrogens (tertiary/aromatic N) is 2. The number of hydrogen-bond donors (Lipinski definition) is 0. The van der Waals surface area contributed by atoms with E-state index < -0.39 is 0 Å². The lowest BCUT2D eigenvalue weighted by Crippen LogP contribution is -2.30. The van der Waals surface area contributed by atoms with E-state index in [-0.39, 0.29) is 5.91 Å². The second-order valence-electron chi connectivity index (χ2n) is 2.45. The van der Waals surface area contributed by atoms with Gasteiger partial charge in [0.05, 0.1) is 6.34 Å². The lowest BCUT2D eigenvalue weighted by Gasteiger charge is -2.16. The van der Waals surface area contributed by atoms with Crippen LogP contribution < -0.4 is 0 Å². The van der Waals surface area contributed by atoms with Gasteiger partial charge in [0.1, 0.15) is 0 Å². The van der Waals surface area contributed by atoms with Gasteiger partial charge >= 0.3 is 0 Å². The van der Waals surface area contributed by atoms with Crippen molar-refractivity contribution in [3.8, 4) is 0 Å². The standard InChI is InChI=1S/C7H12N2OSi/c10-7(2-5-11)9-4-1-3-8-6-9/h1,3,6H,2,4-5H2,11H3. The maximum atomic E-state index is 11.2. The van der Waals surface area contributed by atoms with Gasteiger partial charge in [-0.25, -0.2) is 4.99 Å². The van der Waals surface area contributed by atoms with Gasteiger partial charge in [-0.3, -0.25) is 9.69 Å². The molecule has 4 heteroatoms. The first kappa shape index (κ1) is 8.20. The smallest absolute Gasteiger partial charge is 0.227 e. The molecule has 0 saturated carbocycles. The number of rotatable bonds is 2. The largest absolute Gasteiger partial charge is 0.299 e. The highest BCUT2D eigenvalue weighted by Crippen LogP contribution is 1.98. The Morgan fingerprint density at radius 1 is 1.73 bits per heavy atom. The summed E-state index contributed by atoms with van der Waals surface area (Å²) in [4.78, 5) is 16.7. The summed E-state index contributed by atoms with van der Waals surface area (Å²) in [5.41, 5.74) is 0. The van der Waals surface area contributed by atoms with Crippen molar-refractivity contribution in [2.45, 2.75) is 12.5 Å². The first-order chi connectivity index (χ1) is 5.34. The zero-order chi connectivity index (χ0) is 8.10. The third-order valence-electron chi connectivity index (χ3n) is 1.48. The van der Waals surface area contributed by atoms with E-state index in [2.05, 4.69) is 4.99 Å². The third-order valence-corrected chi connectivity index (χ3v) is 1.98. The Bertz CT molecular complexity index is 201. The summed E-state index contributed by atoms with van der Waals surface area (Å²) in [5, 5.41) is 0. The minimum atomic E-state index is 0.188. The first-order valence-corrected chi connectivity index (χ1v) is 5.24. The van der Waals surface area contributed by atoms with Gasteiger partial charge in [0.2, 0.25) is 5.91 Å². The van der Waals surface area contributed by atoms with E-state index in [0.29, 0.717) is 13.0 Å². The van der Waals surface area contributed by atoms with Crippen molar-refractivity contribution >= 4 is 22.5 Å². The van der Waals surface area contributed by atoms with Crippen LogP contribution in [0.15, 0.2) is 17.3 Å². The monoisotopic (exact) mass is 168 g/mol. The van der Waals surface area contributed by atoms with Gasteiger partial charge in [-0.1, -0.05) is 6.04 Å². The molecule has 1 aliphatic heterocycles. The molecular formula is C7H12N2OSi. The van der Waals surface area contributed by atoms with Crippen molar-refractivity contribution in [3.05, 3.63) is 12.3 Å². The van der Waals surface area contributed by atoms with Crippen LogP contribution in [0.3, 0.4) is 0 Å². The van der Waals surface area contributed by atoms with Gasteiger partial charge < -0.3 is 0 Å². The molecule has 0 aromatic rings. The van der Waals surface area contributed by atoms with E-state index in [1.807, 2.05) is 6.08 Å². The Kier molecular flexibility index (Phi) is 3.04. The molecule has 1 aliphatic rings. The van der Waals surface area contributed by atoms with Crippen LogP contribution in [0.2, 0.25) is 6.04 Å². The number of carbonyl (C=O) groups excluding carboxylic acids is 1. The summed E-state index contributed by atoms with van der Waals surface area (Å²) < 4.78 is 0. The van der Waals surface area contributed by atoms with Crippen LogP contribution in [0.1, 0.15) is 6.42 Å². The van der Waals surface area contributed by atoms with Crippen LogP contribution in [0.25, 0.3) is 0 Å². The van der Waals surface area contributed by atoms with Crippen molar-refractivity contribution < 1.29 is 4.79 Å². The molecule has 60 valence electrons. The number of carbonyl (C=O) groups is 1. The van der Waals surface area contributed by atoms with Crippen LogP contribution in [0.5, 0.6) is 0 Å². The summed E-state index contributed by atoms with van der Waals surface area (Å²) in [6, 6.07) is 1.03. The van der Waals surface area contributed by atoms with Crippen molar-refractivity contribution in [1.29, 1.82) is 0 Å². The molecule has 0 aromatic heterocycles. The fourth-order valence-electron chi connectivity index (χ4n) is 0.911. The molecule has 0 aromatic carbocycles. The van der Waals surface area contributed by atoms with E-state index >= 15 is 0 Å². The molecular weight excluding hydrogens is 156 g/mol. The fraction of sp³-hybridized carbons (Fsp3) is 0.429. The fourth-order valence-corrected chi connectivity index (χ4v) is 1.34. The Balaban J connectivity index is 2.42. The Hall–Kier alpha value is -0.903. The lowest BCUT2D eigenvalue weighted by molar-refractivity contribution is -0.126. The highest BCUT2D eigenvalue weighted by molar-refractivity contribution is 6.10. The number of hydrogen-bond acceptors (Lipinski definition) is 2. The predicted molar refractivity (Wildman–Crippen MR) is 48.7 cm³/mol. The molecule has 1 rings (SSSR count). The van der Waals surface area contributed by atoms with E-state index in [1.165, 1.54) is 0 Å². The second kappa shape index (κ2) is 4.08. The molecule has 0 bridgehead atoms. The Labute approximate surface area is 69.2 Å². The molecule has 0 fully saturated rings. The summed E-state index contributed by atoms with van der Waals surface area (Å²) >= 11 is 0. The van der Waals surface area contributed by atoms with Gasteiger partial charge in [-0.2, -0.15) is 0 Å². The van der Waals surface area contributed by atoms with Crippen molar-refractivity contribution in [3.63, 3.8) is 0 Å². The normalized spacial score (nSPS) is 15.8. The molecule has 0 N–H and O–H groups in total. The molecule has 0 saturated heterocycles. The average molecular weight is 168 g/mol. The maximum absolute atomic E-state index is 11.2. The molecule has 1 heterocycles. The second-order valence-corrected chi connectivity index (χ2v) is 3.45. The summed E-state index contributed by atoms with van der Waals surface area (Å²) in [6.45, 7) is 0.684. The van der Waals surface area contributed by atoms with Crippen LogP contribution >= 0.6 is 0 Å². The zero-order valence-electron chi connectivity index (χ0n) is 6.66. The van der Waals surface area contributed by atoms with Crippen molar-refractivity contribution in [2.75, 3.05) is 6.54 Å². The molecule has 3 nitrogen and oxygen atoms in total. The summed E-state index contributed by atoms with van der Waals surface area (Å²) in [6.07, 6.45) is 5.86. The van der Waals surface area contributed by atoms with E-state index in [1.54, 1.807) is 17.4 Å². The lowest BCUT2D eigenvalue weighted by atomic mass is 10.4. The topological polar surface area (TPSA) is 32.7 Å².